The molecule has 0 unspecified atom stereocenters. The molecular weight excluding hydrogens is 299 g/mol. The predicted octanol–water partition coefficient (Wildman–Crippen LogP) is 3.18. The standard InChI is InChI=1S/C12H14BrFN4/c1-6(2)11-12(15)16-17-18(11)10-5-8(13)9(14)4-7(10)3/h4-6H,15H2,1-3H3. The second-order valence-corrected chi connectivity index (χ2v) is 5.33. The van der Waals surface area contributed by atoms with Crippen molar-refractivity contribution in [2.24, 2.45) is 0 Å². The van der Waals surface area contributed by atoms with Crippen molar-refractivity contribution in [2.75, 3.05) is 5.73 Å². The summed E-state index contributed by atoms with van der Waals surface area (Å²) in [4.78, 5) is 0. The van der Waals surface area contributed by atoms with Crippen molar-refractivity contribution in [1.82, 2.24) is 15.0 Å². The molecule has 2 aromatic rings. The maximum absolute atomic E-state index is 13.4. The number of nitrogens with two attached hydrogens (primary N) is 1. The van der Waals surface area contributed by atoms with Crippen molar-refractivity contribution >= 4 is 21.7 Å². The Kier molecular flexibility index (Phi) is 3.38. The molecule has 0 atom stereocenters. The Morgan fingerprint density at radius 3 is 2.67 bits per heavy atom. The fourth-order valence-corrected chi connectivity index (χ4v) is 2.21. The zero-order valence-corrected chi connectivity index (χ0v) is 12.0. The van der Waals surface area contributed by atoms with E-state index < -0.39 is 0 Å². The molecule has 0 saturated carbocycles. The molecule has 0 saturated heterocycles. The molecule has 18 heavy (non-hydrogen) atoms. The molecule has 0 aliphatic heterocycles. The van der Waals surface area contributed by atoms with Gasteiger partial charge in [-0.05, 0) is 46.5 Å². The SMILES string of the molecule is Cc1cc(F)c(Br)cc1-n1nnc(N)c1C(C)C. The summed E-state index contributed by atoms with van der Waals surface area (Å²) in [5.41, 5.74) is 8.20. The van der Waals surface area contributed by atoms with Crippen LogP contribution in [-0.2, 0) is 0 Å². The molecular formula is C12H14BrFN4. The maximum Gasteiger partial charge on any atom is 0.169 e. The minimum atomic E-state index is -0.296. The maximum atomic E-state index is 13.4. The molecule has 1 heterocycles. The van der Waals surface area contributed by atoms with E-state index in [-0.39, 0.29) is 11.7 Å². The predicted molar refractivity (Wildman–Crippen MR) is 72.3 cm³/mol. The van der Waals surface area contributed by atoms with E-state index in [4.69, 9.17) is 5.73 Å². The third-order valence-corrected chi connectivity index (χ3v) is 3.35. The third-order valence-electron chi connectivity index (χ3n) is 2.75. The number of halogens is 2. The van der Waals surface area contributed by atoms with Gasteiger partial charge in [-0.15, -0.1) is 5.10 Å². The molecule has 4 nitrogen and oxygen atoms in total. The quantitative estimate of drug-likeness (QED) is 0.926. The van der Waals surface area contributed by atoms with Crippen molar-refractivity contribution in [3.05, 3.63) is 33.7 Å². The van der Waals surface area contributed by atoms with E-state index in [1.54, 1.807) is 10.7 Å². The number of hydrogen-bond donors (Lipinski definition) is 1. The summed E-state index contributed by atoms with van der Waals surface area (Å²) in [6.07, 6.45) is 0. The number of nitrogen functional groups attached to an aromatic ring is 1. The van der Waals surface area contributed by atoms with Gasteiger partial charge in [-0.3, -0.25) is 0 Å². The Morgan fingerprint density at radius 1 is 1.39 bits per heavy atom. The van der Waals surface area contributed by atoms with Crippen LogP contribution in [-0.4, -0.2) is 15.0 Å². The highest BCUT2D eigenvalue weighted by Gasteiger charge is 2.17. The van der Waals surface area contributed by atoms with Gasteiger partial charge in [0.2, 0.25) is 0 Å². The third kappa shape index (κ3) is 2.12. The van der Waals surface area contributed by atoms with Crippen molar-refractivity contribution in [3.63, 3.8) is 0 Å². The highest BCUT2D eigenvalue weighted by molar-refractivity contribution is 9.10. The summed E-state index contributed by atoms with van der Waals surface area (Å²) in [6.45, 7) is 5.85. The van der Waals surface area contributed by atoms with Crippen LogP contribution in [0.15, 0.2) is 16.6 Å². The van der Waals surface area contributed by atoms with Gasteiger partial charge in [-0.2, -0.15) is 0 Å². The van der Waals surface area contributed by atoms with Gasteiger partial charge in [0.25, 0.3) is 0 Å². The first kappa shape index (κ1) is 13.0. The average Bonchev–Trinajstić information content (AvgIpc) is 2.65. The summed E-state index contributed by atoms with van der Waals surface area (Å²) in [6, 6.07) is 3.14. The lowest BCUT2D eigenvalue weighted by molar-refractivity contribution is 0.617. The normalized spacial score (nSPS) is 11.2. The second kappa shape index (κ2) is 4.68. The molecule has 2 rings (SSSR count). The molecule has 6 heteroatoms. The van der Waals surface area contributed by atoms with Crippen LogP contribution >= 0.6 is 15.9 Å². The molecule has 0 spiro atoms. The van der Waals surface area contributed by atoms with Crippen LogP contribution in [0, 0.1) is 12.7 Å². The van der Waals surface area contributed by atoms with Gasteiger partial charge in [0.05, 0.1) is 15.9 Å². The molecule has 2 N–H and O–H groups in total. The minimum absolute atomic E-state index is 0.184. The Bertz CT molecular complexity index is 592. The van der Waals surface area contributed by atoms with E-state index >= 15 is 0 Å². The van der Waals surface area contributed by atoms with Gasteiger partial charge in [-0.25, -0.2) is 9.07 Å². The summed E-state index contributed by atoms with van der Waals surface area (Å²) < 4.78 is 15.5. The first-order valence-corrected chi connectivity index (χ1v) is 6.38. The van der Waals surface area contributed by atoms with Crippen LogP contribution in [0.1, 0.15) is 31.0 Å². The summed E-state index contributed by atoms with van der Waals surface area (Å²) in [5.74, 6) is 0.295. The molecule has 0 aliphatic carbocycles. The van der Waals surface area contributed by atoms with Crippen molar-refractivity contribution < 1.29 is 4.39 Å². The lowest BCUT2D eigenvalue weighted by Crippen LogP contribution is -2.07. The van der Waals surface area contributed by atoms with Gasteiger partial charge in [0.1, 0.15) is 5.82 Å². The first-order chi connectivity index (χ1) is 8.41. The van der Waals surface area contributed by atoms with Crippen LogP contribution in [0.2, 0.25) is 0 Å². The van der Waals surface area contributed by atoms with Crippen LogP contribution in [0.4, 0.5) is 10.2 Å². The topological polar surface area (TPSA) is 56.7 Å². The molecule has 0 amide bonds. The van der Waals surface area contributed by atoms with Gasteiger partial charge in [0.15, 0.2) is 5.82 Å². The van der Waals surface area contributed by atoms with E-state index in [1.807, 2.05) is 20.8 Å². The summed E-state index contributed by atoms with van der Waals surface area (Å²) in [5, 5.41) is 7.93. The fraction of sp³-hybridized carbons (Fsp3) is 0.333. The molecule has 1 aromatic heterocycles. The Morgan fingerprint density at radius 2 is 2.06 bits per heavy atom. The minimum Gasteiger partial charge on any atom is -0.381 e. The van der Waals surface area contributed by atoms with Crippen molar-refractivity contribution in [2.45, 2.75) is 26.7 Å². The monoisotopic (exact) mass is 312 g/mol. The number of aromatic nitrogens is 3. The largest absolute Gasteiger partial charge is 0.381 e. The van der Waals surface area contributed by atoms with E-state index in [9.17, 15) is 4.39 Å². The van der Waals surface area contributed by atoms with Crippen LogP contribution < -0.4 is 5.73 Å². The second-order valence-electron chi connectivity index (χ2n) is 4.48. The van der Waals surface area contributed by atoms with Crippen LogP contribution in [0.5, 0.6) is 0 Å². The first-order valence-electron chi connectivity index (χ1n) is 5.59. The van der Waals surface area contributed by atoms with E-state index in [1.165, 1.54) is 6.07 Å². The average molecular weight is 313 g/mol. The number of rotatable bonds is 2. The fourth-order valence-electron chi connectivity index (χ4n) is 1.88. The van der Waals surface area contributed by atoms with Crippen molar-refractivity contribution in [1.29, 1.82) is 0 Å². The van der Waals surface area contributed by atoms with Gasteiger partial charge >= 0.3 is 0 Å². The summed E-state index contributed by atoms with van der Waals surface area (Å²) >= 11 is 3.18. The zero-order valence-electron chi connectivity index (χ0n) is 10.4. The molecule has 0 aliphatic rings. The Balaban J connectivity index is 2.66. The van der Waals surface area contributed by atoms with Crippen LogP contribution in [0.25, 0.3) is 5.69 Å². The molecule has 0 bridgehead atoms. The lowest BCUT2D eigenvalue weighted by Gasteiger charge is -2.12. The Labute approximate surface area is 113 Å². The number of aryl methyl sites for hydroxylation is 1. The van der Waals surface area contributed by atoms with Gasteiger partial charge < -0.3 is 5.73 Å². The van der Waals surface area contributed by atoms with Gasteiger partial charge in [-0.1, -0.05) is 19.1 Å². The highest BCUT2D eigenvalue weighted by Crippen LogP contribution is 2.27. The molecule has 0 radical (unpaired) electrons. The Hall–Kier alpha value is -1.43. The molecule has 1 aromatic carbocycles. The zero-order chi connectivity index (χ0) is 13.4. The smallest absolute Gasteiger partial charge is 0.169 e. The van der Waals surface area contributed by atoms with E-state index in [0.29, 0.717) is 10.3 Å². The van der Waals surface area contributed by atoms with Crippen molar-refractivity contribution in [3.8, 4) is 5.69 Å². The number of nitrogens with zero attached hydrogens (tertiary/aromatic N) is 3. The molecule has 0 fully saturated rings. The van der Waals surface area contributed by atoms with Gasteiger partial charge in [0, 0.05) is 0 Å². The summed E-state index contributed by atoms with van der Waals surface area (Å²) in [7, 11) is 0. The number of hydrogen-bond acceptors (Lipinski definition) is 3. The van der Waals surface area contributed by atoms with Crippen LogP contribution in [0.3, 0.4) is 0 Å². The number of benzene rings is 1. The van der Waals surface area contributed by atoms with E-state index in [0.717, 1.165) is 16.9 Å². The molecule has 96 valence electrons. The van der Waals surface area contributed by atoms with E-state index in [2.05, 4.69) is 26.2 Å². The highest BCUT2D eigenvalue weighted by atomic mass is 79.9. The lowest BCUT2D eigenvalue weighted by atomic mass is 10.1. The number of anilines is 1.